The molecule has 0 atom stereocenters. The summed E-state index contributed by atoms with van der Waals surface area (Å²) in [5.41, 5.74) is 1.71. The van der Waals surface area contributed by atoms with Crippen LogP contribution in [0, 0.1) is 0 Å². The Morgan fingerprint density at radius 2 is 1.71 bits per heavy atom. The van der Waals surface area contributed by atoms with Crippen molar-refractivity contribution in [3.05, 3.63) is 60.7 Å². The van der Waals surface area contributed by atoms with Gasteiger partial charge < -0.3 is 5.11 Å². The lowest BCUT2D eigenvalue weighted by molar-refractivity contribution is 0.475. The third kappa shape index (κ3) is 1.85. The minimum absolute atomic E-state index is 0.242. The van der Waals surface area contributed by atoms with Crippen LogP contribution in [0.3, 0.4) is 0 Å². The zero-order valence-electron chi connectivity index (χ0n) is 9.13. The van der Waals surface area contributed by atoms with Gasteiger partial charge in [-0.2, -0.15) is 0 Å². The molecular formula is C15H11O2+. The zero-order chi connectivity index (χ0) is 11.7. The van der Waals surface area contributed by atoms with E-state index in [0.29, 0.717) is 0 Å². The Hall–Kier alpha value is -2.35. The van der Waals surface area contributed by atoms with Crippen LogP contribution in [0.25, 0.3) is 22.3 Å². The fourth-order valence-corrected chi connectivity index (χ4v) is 1.84. The number of aromatic hydroxyl groups is 1. The first-order chi connectivity index (χ1) is 8.33. The van der Waals surface area contributed by atoms with E-state index in [1.165, 1.54) is 0 Å². The van der Waals surface area contributed by atoms with Crippen molar-refractivity contribution in [3.63, 3.8) is 0 Å². The summed E-state index contributed by atoms with van der Waals surface area (Å²) in [5.74, 6) is 0.991. The molecule has 17 heavy (non-hydrogen) atoms. The minimum atomic E-state index is 0.242. The molecule has 0 unspecified atom stereocenters. The molecule has 3 aromatic rings. The highest BCUT2D eigenvalue weighted by atomic mass is 16.3. The van der Waals surface area contributed by atoms with Gasteiger partial charge in [0.1, 0.15) is 5.75 Å². The number of hydrogen-bond donors (Lipinski definition) is 1. The monoisotopic (exact) mass is 223 g/mol. The van der Waals surface area contributed by atoms with E-state index < -0.39 is 0 Å². The second kappa shape index (κ2) is 3.91. The maximum Gasteiger partial charge on any atom is 0.360 e. The second-order valence-corrected chi connectivity index (χ2v) is 3.89. The second-order valence-electron chi connectivity index (χ2n) is 3.89. The van der Waals surface area contributed by atoms with Crippen LogP contribution in [0.2, 0.25) is 0 Å². The molecule has 82 valence electrons. The van der Waals surface area contributed by atoms with Crippen molar-refractivity contribution in [2.24, 2.45) is 0 Å². The molecule has 2 heteroatoms. The number of para-hydroxylation sites is 1. The molecule has 0 aliphatic heterocycles. The third-order valence-corrected chi connectivity index (χ3v) is 2.68. The molecule has 0 radical (unpaired) electrons. The first kappa shape index (κ1) is 9.85. The van der Waals surface area contributed by atoms with Gasteiger partial charge in [0.05, 0.1) is 10.9 Å². The number of phenolic OH excluding ortho intramolecular Hbond substituents is 1. The van der Waals surface area contributed by atoms with Gasteiger partial charge >= 0.3 is 11.3 Å². The predicted octanol–water partition coefficient (Wildman–Crippen LogP) is 4.09. The fraction of sp³-hybridized carbons (Fsp3) is 0. The Morgan fingerprint density at radius 1 is 0.824 bits per heavy atom. The van der Waals surface area contributed by atoms with E-state index >= 15 is 0 Å². The maximum absolute atomic E-state index is 9.45. The molecule has 3 rings (SSSR count). The number of hydrogen-bond acceptors (Lipinski definition) is 1. The highest BCUT2D eigenvalue weighted by molar-refractivity contribution is 5.78. The summed E-state index contributed by atoms with van der Waals surface area (Å²) in [4.78, 5) is 0. The summed E-state index contributed by atoms with van der Waals surface area (Å²) in [7, 11) is 0. The summed E-state index contributed by atoms with van der Waals surface area (Å²) < 4.78 is 5.79. The zero-order valence-corrected chi connectivity index (χ0v) is 9.13. The molecule has 2 nitrogen and oxygen atoms in total. The molecule has 0 saturated carbocycles. The van der Waals surface area contributed by atoms with Crippen molar-refractivity contribution in [1.82, 2.24) is 0 Å². The number of phenols is 1. The van der Waals surface area contributed by atoms with Crippen LogP contribution < -0.4 is 0 Å². The van der Waals surface area contributed by atoms with E-state index in [1.54, 1.807) is 18.2 Å². The molecule has 0 saturated heterocycles. The lowest BCUT2D eigenvalue weighted by Gasteiger charge is -1.94. The molecule has 0 amide bonds. The van der Waals surface area contributed by atoms with Gasteiger partial charge in [-0.25, -0.2) is 4.42 Å². The van der Waals surface area contributed by atoms with E-state index in [1.807, 2.05) is 42.5 Å². The van der Waals surface area contributed by atoms with Crippen molar-refractivity contribution in [2.45, 2.75) is 0 Å². The Kier molecular flexibility index (Phi) is 2.26. The first-order valence-electron chi connectivity index (χ1n) is 5.44. The van der Waals surface area contributed by atoms with Gasteiger partial charge in [-0.15, -0.1) is 0 Å². The van der Waals surface area contributed by atoms with Crippen molar-refractivity contribution < 1.29 is 9.52 Å². The lowest BCUT2D eigenvalue weighted by Crippen LogP contribution is -1.78. The number of benzene rings is 2. The Labute approximate surface area is 98.8 Å². The molecule has 2 aromatic carbocycles. The molecule has 0 aliphatic carbocycles. The topological polar surface area (TPSA) is 31.5 Å². The van der Waals surface area contributed by atoms with E-state index in [9.17, 15) is 5.11 Å². The highest BCUT2D eigenvalue weighted by Gasteiger charge is 2.13. The largest absolute Gasteiger partial charge is 0.508 e. The average Bonchev–Trinajstić information content (AvgIpc) is 2.38. The van der Waals surface area contributed by atoms with Crippen LogP contribution in [0.15, 0.2) is 65.1 Å². The summed E-state index contributed by atoms with van der Waals surface area (Å²) in [6.45, 7) is 0. The van der Waals surface area contributed by atoms with Crippen molar-refractivity contribution in [2.75, 3.05) is 0 Å². The van der Waals surface area contributed by atoms with Crippen LogP contribution in [0.5, 0.6) is 5.75 Å². The van der Waals surface area contributed by atoms with Gasteiger partial charge in [0.15, 0.2) is 0 Å². The molecule has 1 N–H and O–H groups in total. The van der Waals surface area contributed by atoms with Crippen LogP contribution in [-0.4, -0.2) is 5.11 Å². The Morgan fingerprint density at radius 3 is 2.59 bits per heavy atom. The molecule has 1 heterocycles. The van der Waals surface area contributed by atoms with Gasteiger partial charge in [-0.3, -0.25) is 0 Å². The molecule has 0 fully saturated rings. The van der Waals surface area contributed by atoms with Crippen LogP contribution in [0.1, 0.15) is 0 Å². The summed E-state index contributed by atoms with van der Waals surface area (Å²) in [6.07, 6.45) is 0. The van der Waals surface area contributed by atoms with Crippen molar-refractivity contribution in [3.8, 4) is 17.1 Å². The summed E-state index contributed by atoms with van der Waals surface area (Å²) in [5, 5.41) is 10.5. The van der Waals surface area contributed by atoms with Crippen molar-refractivity contribution >= 4 is 11.0 Å². The van der Waals surface area contributed by atoms with Gasteiger partial charge in [-0.05, 0) is 30.3 Å². The fourth-order valence-electron chi connectivity index (χ4n) is 1.84. The molecular weight excluding hydrogens is 212 g/mol. The summed E-state index contributed by atoms with van der Waals surface area (Å²) in [6, 6.07) is 18.8. The number of rotatable bonds is 1. The standard InChI is InChI=1S/C15H10O2/c16-13-6-3-5-12(10-13)15-9-8-11-4-1-2-7-14(11)17-15/h1-10H/p+1. The lowest BCUT2D eigenvalue weighted by atomic mass is 10.1. The van der Waals surface area contributed by atoms with Gasteiger partial charge in [0.25, 0.3) is 0 Å². The van der Waals surface area contributed by atoms with Crippen LogP contribution >= 0.6 is 0 Å². The highest BCUT2D eigenvalue weighted by Crippen LogP contribution is 2.26. The average molecular weight is 223 g/mol. The van der Waals surface area contributed by atoms with Gasteiger partial charge in [0, 0.05) is 12.1 Å². The van der Waals surface area contributed by atoms with Crippen LogP contribution in [-0.2, 0) is 0 Å². The Balaban J connectivity index is 2.18. The smallest absolute Gasteiger partial charge is 0.360 e. The predicted molar refractivity (Wildman–Crippen MR) is 67.7 cm³/mol. The van der Waals surface area contributed by atoms with Gasteiger partial charge in [0.2, 0.25) is 0 Å². The van der Waals surface area contributed by atoms with E-state index in [4.69, 9.17) is 4.42 Å². The number of fused-ring (bicyclic) bond motifs is 1. The van der Waals surface area contributed by atoms with Crippen LogP contribution in [0.4, 0.5) is 0 Å². The van der Waals surface area contributed by atoms with Crippen molar-refractivity contribution in [1.29, 1.82) is 0 Å². The first-order valence-corrected chi connectivity index (χ1v) is 5.44. The van der Waals surface area contributed by atoms with Gasteiger partial charge in [-0.1, -0.05) is 18.2 Å². The van der Waals surface area contributed by atoms with E-state index in [-0.39, 0.29) is 5.75 Å². The molecule has 1 aromatic heterocycles. The van der Waals surface area contributed by atoms with E-state index in [2.05, 4.69) is 0 Å². The molecule has 0 spiro atoms. The third-order valence-electron chi connectivity index (χ3n) is 2.68. The quantitative estimate of drug-likeness (QED) is 0.630. The minimum Gasteiger partial charge on any atom is -0.508 e. The SMILES string of the molecule is Oc1cccc(-c2ccc3ccccc3[o+]2)c1. The van der Waals surface area contributed by atoms with E-state index in [0.717, 1.165) is 22.3 Å². The molecule has 0 bridgehead atoms. The Bertz CT molecular complexity index is 674. The maximum atomic E-state index is 9.45. The molecule has 0 aliphatic rings. The normalized spacial score (nSPS) is 10.6. The summed E-state index contributed by atoms with van der Waals surface area (Å²) >= 11 is 0.